The highest BCUT2D eigenvalue weighted by Gasteiger charge is 2.22. The van der Waals surface area contributed by atoms with Crippen LogP contribution in [-0.4, -0.2) is 23.2 Å². The lowest BCUT2D eigenvalue weighted by atomic mass is 10.1. The molecular weight excluding hydrogens is 282 g/mol. The molecule has 3 rings (SSSR count). The van der Waals surface area contributed by atoms with E-state index in [0.717, 1.165) is 11.3 Å². The molecule has 22 heavy (non-hydrogen) atoms. The third-order valence-corrected chi connectivity index (χ3v) is 3.60. The Kier molecular flexibility index (Phi) is 3.55. The lowest BCUT2D eigenvalue weighted by Crippen LogP contribution is -2.04. The number of aromatic nitrogens is 1. The molecule has 5 heteroatoms. The van der Waals surface area contributed by atoms with Gasteiger partial charge >= 0.3 is 5.97 Å². The number of pyridine rings is 1. The van der Waals surface area contributed by atoms with Crippen LogP contribution in [0.3, 0.4) is 0 Å². The van der Waals surface area contributed by atoms with E-state index < -0.39 is 5.97 Å². The zero-order chi connectivity index (χ0) is 15.7. The third kappa shape index (κ3) is 2.53. The Morgan fingerprint density at radius 3 is 2.86 bits per heavy atom. The molecule has 1 aromatic carbocycles. The molecule has 1 heterocycles. The van der Waals surface area contributed by atoms with Crippen molar-refractivity contribution >= 4 is 12.0 Å². The SMILES string of the molecule is COc1cc(OC2=Cc3nccc(C(=O)O)c3C2)ccc1C. The summed E-state index contributed by atoms with van der Waals surface area (Å²) in [5.74, 6) is 1.11. The number of methoxy groups -OCH3 is 1. The molecule has 0 spiro atoms. The second kappa shape index (κ2) is 5.52. The van der Waals surface area contributed by atoms with Gasteiger partial charge in [-0.1, -0.05) is 6.07 Å². The summed E-state index contributed by atoms with van der Waals surface area (Å²) in [6.45, 7) is 1.95. The van der Waals surface area contributed by atoms with Crippen molar-refractivity contribution < 1.29 is 19.4 Å². The van der Waals surface area contributed by atoms with Gasteiger partial charge in [0.2, 0.25) is 0 Å². The molecule has 0 saturated carbocycles. The number of benzene rings is 1. The van der Waals surface area contributed by atoms with E-state index >= 15 is 0 Å². The minimum Gasteiger partial charge on any atom is -0.496 e. The maximum absolute atomic E-state index is 11.2. The molecule has 0 unspecified atom stereocenters. The molecule has 0 fully saturated rings. The highest BCUT2D eigenvalue weighted by Crippen LogP contribution is 2.30. The number of nitrogens with zero attached hydrogens (tertiary/aromatic N) is 1. The van der Waals surface area contributed by atoms with Gasteiger partial charge in [-0.3, -0.25) is 4.98 Å². The van der Waals surface area contributed by atoms with Gasteiger partial charge in [0.1, 0.15) is 17.3 Å². The fraction of sp³-hybridized carbons (Fsp3) is 0.176. The monoisotopic (exact) mass is 297 g/mol. The van der Waals surface area contributed by atoms with Crippen LogP contribution in [0.15, 0.2) is 36.2 Å². The van der Waals surface area contributed by atoms with Crippen LogP contribution >= 0.6 is 0 Å². The summed E-state index contributed by atoms with van der Waals surface area (Å²) < 4.78 is 11.1. The van der Waals surface area contributed by atoms with E-state index in [9.17, 15) is 9.90 Å². The molecule has 0 bridgehead atoms. The molecule has 0 atom stereocenters. The largest absolute Gasteiger partial charge is 0.496 e. The van der Waals surface area contributed by atoms with Gasteiger partial charge in [0.15, 0.2) is 0 Å². The number of aryl methyl sites for hydroxylation is 1. The predicted octanol–water partition coefficient (Wildman–Crippen LogP) is 3.07. The van der Waals surface area contributed by atoms with Crippen molar-refractivity contribution in [2.45, 2.75) is 13.3 Å². The summed E-state index contributed by atoms with van der Waals surface area (Å²) in [4.78, 5) is 15.4. The van der Waals surface area contributed by atoms with Gasteiger partial charge in [-0.25, -0.2) is 4.79 Å². The topological polar surface area (TPSA) is 68.7 Å². The van der Waals surface area contributed by atoms with E-state index in [2.05, 4.69) is 4.98 Å². The predicted molar refractivity (Wildman–Crippen MR) is 81.2 cm³/mol. The van der Waals surface area contributed by atoms with Crippen molar-refractivity contribution in [1.82, 2.24) is 4.98 Å². The minimum atomic E-state index is -0.953. The number of aromatic carboxylic acids is 1. The molecule has 1 aliphatic rings. The number of hydrogen-bond acceptors (Lipinski definition) is 4. The standard InChI is InChI=1S/C17H15NO4/c1-10-3-4-11(9-16(10)21-2)22-12-7-14-13(17(19)20)5-6-18-15(14)8-12/h3-6,8-9H,7H2,1-2H3,(H,19,20). The molecule has 0 saturated heterocycles. The van der Waals surface area contributed by atoms with Gasteiger partial charge in [0.05, 0.1) is 18.4 Å². The molecule has 0 aliphatic heterocycles. The molecule has 0 amide bonds. The van der Waals surface area contributed by atoms with Crippen molar-refractivity contribution in [2.75, 3.05) is 7.11 Å². The Labute approximate surface area is 127 Å². The second-order valence-electron chi connectivity index (χ2n) is 5.05. The summed E-state index contributed by atoms with van der Waals surface area (Å²) >= 11 is 0. The maximum atomic E-state index is 11.2. The second-order valence-corrected chi connectivity index (χ2v) is 5.05. The van der Waals surface area contributed by atoms with E-state index in [0.29, 0.717) is 29.2 Å². The van der Waals surface area contributed by atoms with E-state index in [4.69, 9.17) is 9.47 Å². The number of carboxylic acids is 1. The van der Waals surface area contributed by atoms with Crippen LogP contribution in [0.4, 0.5) is 0 Å². The minimum absolute atomic E-state index is 0.265. The number of hydrogen-bond donors (Lipinski definition) is 1. The van der Waals surface area contributed by atoms with E-state index in [-0.39, 0.29) is 5.56 Å². The van der Waals surface area contributed by atoms with Crippen molar-refractivity contribution in [3.63, 3.8) is 0 Å². The number of allylic oxidation sites excluding steroid dienone is 1. The van der Waals surface area contributed by atoms with Crippen LogP contribution in [0.2, 0.25) is 0 Å². The van der Waals surface area contributed by atoms with E-state index in [1.807, 2.05) is 25.1 Å². The van der Waals surface area contributed by atoms with Crippen LogP contribution in [0, 0.1) is 6.92 Å². The number of fused-ring (bicyclic) bond motifs is 1. The Morgan fingerprint density at radius 1 is 1.32 bits per heavy atom. The number of ether oxygens (including phenoxy) is 2. The highest BCUT2D eigenvalue weighted by molar-refractivity contribution is 5.91. The smallest absolute Gasteiger partial charge is 0.336 e. The Balaban J connectivity index is 1.84. The molecular formula is C17H15NO4. The van der Waals surface area contributed by atoms with Crippen molar-refractivity contribution in [2.24, 2.45) is 0 Å². The highest BCUT2D eigenvalue weighted by atomic mass is 16.5. The number of carbonyl (C=O) groups is 1. The van der Waals surface area contributed by atoms with Gasteiger partial charge in [0, 0.05) is 24.8 Å². The first-order valence-electron chi connectivity index (χ1n) is 6.82. The average molecular weight is 297 g/mol. The van der Waals surface area contributed by atoms with Crippen LogP contribution in [-0.2, 0) is 6.42 Å². The fourth-order valence-corrected chi connectivity index (χ4v) is 2.48. The Hall–Kier alpha value is -2.82. The zero-order valence-electron chi connectivity index (χ0n) is 12.3. The summed E-state index contributed by atoms with van der Waals surface area (Å²) in [6.07, 6.45) is 3.69. The van der Waals surface area contributed by atoms with Crippen molar-refractivity contribution in [3.05, 3.63) is 58.6 Å². The lowest BCUT2D eigenvalue weighted by Gasteiger charge is -2.10. The molecule has 5 nitrogen and oxygen atoms in total. The molecule has 112 valence electrons. The lowest BCUT2D eigenvalue weighted by molar-refractivity contribution is 0.0695. The van der Waals surface area contributed by atoms with Crippen molar-refractivity contribution in [3.8, 4) is 11.5 Å². The molecule has 1 aromatic heterocycles. The van der Waals surface area contributed by atoms with E-state index in [1.54, 1.807) is 13.2 Å². The van der Waals surface area contributed by atoms with Crippen molar-refractivity contribution in [1.29, 1.82) is 0 Å². The van der Waals surface area contributed by atoms with Crippen LogP contribution in [0.1, 0.15) is 27.2 Å². The molecule has 1 N–H and O–H groups in total. The summed E-state index contributed by atoms with van der Waals surface area (Å²) in [5.41, 5.74) is 2.62. The van der Waals surface area contributed by atoms with Gasteiger partial charge in [-0.2, -0.15) is 0 Å². The zero-order valence-corrected chi connectivity index (χ0v) is 12.3. The first kappa shape index (κ1) is 14.1. The average Bonchev–Trinajstić information content (AvgIpc) is 2.91. The molecule has 0 radical (unpaired) electrons. The Morgan fingerprint density at radius 2 is 2.14 bits per heavy atom. The fourth-order valence-electron chi connectivity index (χ4n) is 2.48. The van der Waals surface area contributed by atoms with Gasteiger partial charge in [0.25, 0.3) is 0 Å². The van der Waals surface area contributed by atoms with Crippen LogP contribution in [0.5, 0.6) is 11.5 Å². The first-order chi connectivity index (χ1) is 10.6. The van der Waals surface area contributed by atoms with Gasteiger partial charge < -0.3 is 14.6 Å². The maximum Gasteiger partial charge on any atom is 0.336 e. The molecule has 2 aromatic rings. The number of rotatable bonds is 4. The normalized spacial score (nSPS) is 12.5. The van der Waals surface area contributed by atoms with Crippen LogP contribution in [0.25, 0.3) is 6.08 Å². The van der Waals surface area contributed by atoms with E-state index in [1.165, 1.54) is 12.3 Å². The summed E-state index contributed by atoms with van der Waals surface area (Å²) in [7, 11) is 1.61. The van der Waals surface area contributed by atoms with Crippen LogP contribution < -0.4 is 9.47 Å². The summed E-state index contributed by atoms with van der Waals surface area (Å²) in [6, 6.07) is 7.09. The number of carboxylic acid groups (broad SMARTS) is 1. The van der Waals surface area contributed by atoms with Gasteiger partial charge in [-0.15, -0.1) is 0 Å². The first-order valence-corrected chi connectivity index (χ1v) is 6.82. The Bertz CT molecular complexity index is 780. The third-order valence-electron chi connectivity index (χ3n) is 3.60. The van der Waals surface area contributed by atoms with Gasteiger partial charge in [-0.05, 0) is 30.2 Å². The molecule has 1 aliphatic carbocycles. The summed E-state index contributed by atoms with van der Waals surface area (Å²) in [5, 5.41) is 9.22. The quantitative estimate of drug-likeness (QED) is 0.939.